The highest BCUT2D eigenvalue weighted by Crippen LogP contribution is 2.29. The van der Waals surface area contributed by atoms with Crippen LogP contribution in [0.5, 0.6) is 0 Å². The molecule has 14 heavy (non-hydrogen) atoms. The normalized spacial score (nSPS) is 10.4. The Balaban J connectivity index is 2.49. The van der Waals surface area contributed by atoms with Crippen LogP contribution in [-0.4, -0.2) is 9.97 Å². The van der Waals surface area contributed by atoms with Gasteiger partial charge in [-0.1, -0.05) is 11.3 Å². The van der Waals surface area contributed by atoms with Gasteiger partial charge in [-0.2, -0.15) is 0 Å². The van der Waals surface area contributed by atoms with Crippen LogP contribution in [-0.2, 0) is 0 Å². The molecule has 0 aromatic carbocycles. The van der Waals surface area contributed by atoms with Gasteiger partial charge in [0.15, 0.2) is 0 Å². The number of rotatable bonds is 1. The molecule has 0 unspecified atom stereocenters. The Labute approximate surface area is 94.1 Å². The Morgan fingerprint density at radius 1 is 1.50 bits per heavy atom. The molecule has 5 heteroatoms. The second-order valence-electron chi connectivity index (χ2n) is 2.84. The van der Waals surface area contributed by atoms with Crippen molar-refractivity contribution in [3.8, 4) is 10.6 Å². The number of aromatic nitrogens is 2. The minimum Gasteiger partial charge on any atom is -0.389 e. The highest BCUT2D eigenvalue weighted by Gasteiger charge is 2.06. The van der Waals surface area contributed by atoms with E-state index in [4.69, 9.17) is 5.73 Å². The molecule has 2 rings (SSSR count). The quantitative estimate of drug-likeness (QED) is 0.810. The van der Waals surface area contributed by atoms with Crippen LogP contribution in [0.15, 0.2) is 22.9 Å². The molecule has 0 bridgehead atoms. The lowest BCUT2D eigenvalue weighted by atomic mass is 10.3. The number of thiazole rings is 1. The summed E-state index contributed by atoms with van der Waals surface area (Å²) in [5.74, 6) is 0. The topological polar surface area (TPSA) is 51.8 Å². The molecule has 2 aromatic rings. The maximum absolute atomic E-state index is 5.74. The molecule has 0 amide bonds. The van der Waals surface area contributed by atoms with Crippen molar-refractivity contribution in [1.29, 1.82) is 0 Å². The van der Waals surface area contributed by atoms with Crippen LogP contribution in [0, 0.1) is 6.92 Å². The van der Waals surface area contributed by atoms with Gasteiger partial charge in [0.2, 0.25) is 0 Å². The zero-order valence-corrected chi connectivity index (χ0v) is 9.89. The summed E-state index contributed by atoms with van der Waals surface area (Å²) in [7, 11) is 0. The van der Waals surface area contributed by atoms with Crippen LogP contribution in [0.2, 0.25) is 0 Å². The lowest BCUT2D eigenvalue weighted by molar-refractivity contribution is 1.24. The summed E-state index contributed by atoms with van der Waals surface area (Å²) in [6, 6.07) is 3.85. The van der Waals surface area contributed by atoms with Crippen molar-refractivity contribution in [2.75, 3.05) is 5.73 Å². The first-order chi connectivity index (χ1) is 6.66. The molecule has 72 valence electrons. The van der Waals surface area contributed by atoms with E-state index in [2.05, 4.69) is 25.9 Å². The maximum atomic E-state index is 5.74. The summed E-state index contributed by atoms with van der Waals surface area (Å²) in [6.45, 7) is 1.91. The van der Waals surface area contributed by atoms with Gasteiger partial charge in [0.05, 0.1) is 5.69 Å². The predicted octanol–water partition coefficient (Wildman–Crippen LogP) is 2.86. The minimum absolute atomic E-state index is 0.771. The summed E-state index contributed by atoms with van der Waals surface area (Å²) < 4.78 is 0.807. The molecule has 0 saturated heterocycles. The summed E-state index contributed by atoms with van der Waals surface area (Å²) >= 11 is 4.81. The first kappa shape index (κ1) is 9.61. The van der Waals surface area contributed by atoms with Crippen molar-refractivity contribution in [3.63, 3.8) is 0 Å². The second-order valence-corrected chi connectivity index (χ2v) is 4.68. The van der Waals surface area contributed by atoms with Crippen molar-refractivity contribution < 1.29 is 0 Å². The summed E-state index contributed by atoms with van der Waals surface area (Å²) in [4.78, 5) is 8.42. The van der Waals surface area contributed by atoms with Crippen LogP contribution in [0.3, 0.4) is 0 Å². The zero-order chi connectivity index (χ0) is 10.1. The van der Waals surface area contributed by atoms with Gasteiger partial charge in [-0.05, 0) is 35.0 Å². The Morgan fingerprint density at radius 3 is 2.86 bits per heavy atom. The van der Waals surface area contributed by atoms with E-state index in [1.807, 2.05) is 19.1 Å². The van der Waals surface area contributed by atoms with Gasteiger partial charge >= 0.3 is 0 Å². The minimum atomic E-state index is 0.771. The molecule has 0 atom stereocenters. The lowest BCUT2D eigenvalue weighted by Gasteiger charge is -1.94. The third-order valence-electron chi connectivity index (χ3n) is 1.81. The number of nitrogens with zero attached hydrogens (tertiary/aromatic N) is 2. The fourth-order valence-electron chi connectivity index (χ4n) is 1.07. The highest BCUT2D eigenvalue weighted by molar-refractivity contribution is 9.10. The van der Waals surface area contributed by atoms with Crippen LogP contribution in [0.1, 0.15) is 5.69 Å². The molecule has 0 aliphatic rings. The standard InChI is InChI=1S/C9H8BrN3S/c1-5-8(11)14-9(13-5)6-2-3-12-7(10)4-6/h2-4H,11H2,1H3. The number of hydrogen-bond donors (Lipinski definition) is 1. The number of halogens is 1. The summed E-state index contributed by atoms with van der Waals surface area (Å²) in [5.41, 5.74) is 7.67. The molecule has 2 aromatic heterocycles. The van der Waals surface area contributed by atoms with Crippen molar-refractivity contribution in [2.45, 2.75) is 6.92 Å². The van der Waals surface area contributed by atoms with E-state index in [9.17, 15) is 0 Å². The molecular weight excluding hydrogens is 262 g/mol. The van der Waals surface area contributed by atoms with Crippen molar-refractivity contribution in [2.24, 2.45) is 0 Å². The average Bonchev–Trinajstić information content (AvgIpc) is 2.47. The Hall–Kier alpha value is -0.940. The highest BCUT2D eigenvalue weighted by atomic mass is 79.9. The van der Waals surface area contributed by atoms with Crippen LogP contribution < -0.4 is 5.73 Å². The average molecular weight is 270 g/mol. The number of aryl methyl sites for hydroxylation is 1. The SMILES string of the molecule is Cc1nc(-c2ccnc(Br)c2)sc1N. The first-order valence-electron chi connectivity index (χ1n) is 4.01. The molecule has 0 radical (unpaired) electrons. The van der Waals surface area contributed by atoms with Crippen LogP contribution in [0.25, 0.3) is 10.6 Å². The zero-order valence-electron chi connectivity index (χ0n) is 7.49. The Kier molecular flexibility index (Phi) is 2.52. The van der Waals surface area contributed by atoms with Gasteiger partial charge in [0.1, 0.15) is 14.6 Å². The Bertz CT molecular complexity index is 447. The maximum Gasteiger partial charge on any atom is 0.125 e. The van der Waals surface area contributed by atoms with Crippen molar-refractivity contribution >= 4 is 32.3 Å². The Morgan fingerprint density at radius 2 is 2.29 bits per heavy atom. The molecule has 2 N–H and O–H groups in total. The number of pyridine rings is 1. The van der Waals surface area contributed by atoms with Gasteiger partial charge in [-0.15, -0.1) is 0 Å². The van der Waals surface area contributed by atoms with E-state index in [1.54, 1.807) is 6.20 Å². The molecule has 0 saturated carbocycles. The van der Waals surface area contributed by atoms with Gasteiger partial charge in [-0.25, -0.2) is 9.97 Å². The fourth-order valence-corrected chi connectivity index (χ4v) is 2.26. The molecule has 0 aliphatic carbocycles. The van der Waals surface area contributed by atoms with Crippen molar-refractivity contribution in [3.05, 3.63) is 28.6 Å². The summed E-state index contributed by atoms with van der Waals surface area (Å²) in [5, 5.41) is 1.70. The smallest absolute Gasteiger partial charge is 0.125 e. The lowest BCUT2D eigenvalue weighted by Crippen LogP contribution is -1.82. The number of nitrogen functional groups attached to an aromatic ring is 1. The number of anilines is 1. The van der Waals surface area contributed by atoms with E-state index in [-0.39, 0.29) is 0 Å². The van der Waals surface area contributed by atoms with E-state index >= 15 is 0 Å². The van der Waals surface area contributed by atoms with Gasteiger partial charge < -0.3 is 5.73 Å². The van der Waals surface area contributed by atoms with E-state index in [1.165, 1.54) is 11.3 Å². The fraction of sp³-hybridized carbons (Fsp3) is 0.111. The van der Waals surface area contributed by atoms with E-state index in [0.717, 1.165) is 25.9 Å². The third-order valence-corrected chi connectivity index (χ3v) is 3.28. The van der Waals surface area contributed by atoms with Gasteiger partial charge in [0, 0.05) is 11.8 Å². The van der Waals surface area contributed by atoms with Crippen molar-refractivity contribution in [1.82, 2.24) is 9.97 Å². The molecule has 0 spiro atoms. The largest absolute Gasteiger partial charge is 0.389 e. The second kappa shape index (κ2) is 3.67. The van der Waals surface area contributed by atoms with Crippen LogP contribution in [0.4, 0.5) is 5.00 Å². The van der Waals surface area contributed by atoms with Gasteiger partial charge in [0.25, 0.3) is 0 Å². The van der Waals surface area contributed by atoms with Gasteiger partial charge in [-0.3, -0.25) is 0 Å². The molecule has 0 aliphatic heterocycles. The number of hydrogen-bond acceptors (Lipinski definition) is 4. The first-order valence-corrected chi connectivity index (χ1v) is 5.62. The molecule has 3 nitrogen and oxygen atoms in total. The number of nitrogens with two attached hydrogens (primary N) is 1. The monoisotopic (exact) mass is 269 g/mol. The predicted molar refractivity (Wildman–Crippen MR) is 62.2 cm³/mol. The van der Waals surface area contributed by atoms with Crippen LogP contribution >= 0.6 is 27.3 Å². The summed E-state index contributed by atoms with van der Waals surface area (Å²) in [6.07, 6.45) is 1.74. The van der Waals surface area contributed by atoms with E-state index in [0.29, 0.717) is 0 Å². The van der Waals surface area contributed by atoms with E-state index < -0.39 is 0 Å². The molecule has 0 fully saturated rings. The molecule has 2 heterocycles. The third kappa shape index (κ3) is 1.78. The molecular formula is C9H8BrN3S.